The second-order valence-corrected chi connectivity index (χ2v) is 2.94. The van der Waals surface area contributed by atoms with E-state index in [0.717, 1.165) is 17.7 Å². The quantitative estimate of drug-likeness (QED) is 0.707. The summed E-state index contributed by atoms with van der Waals surface area (Å²) >= 11 is 0. The van der Waals surface area contributed by atoms with E-state index in [1.807, 2.05) is 13.0 Å². The van der Waals surface area contributed by atoms with Crippen LogP contribution in [0.25, 0.3) is 0 Å². The Bertz CT molecular complexity index is 325. The molecule has 0 heterocycles. The predicted molar refractivity (Wildman–Crippen MR) is 51.7 cm³/mol. The SMILES string of the molecule is CCCOc1cc(C#N)ccc1C. The van der Waals surface area contributed by atoms with Crippen LogP contribution >= 0.6 is 0 Å². The molecule has 0 spiro atoms. The lowest BCUT2D eigenvalue weighted by atomic mass is 10.1. The molecule has 2 nitrogen and oxygen atoms in total. The Kier molecular flexibility index (Phi) is 3.33. The minimum absolute atomic E-state index is 0.650. The fraction of sp³-hybridized carbons (Fsp3) is 0.364. The third-order valence-electron chi connectivity index (χ3n) is 1.78. The maximum atomic E-state index is 8.67. The number of rotatable bonds is 3. The second kappa shape index (κ2) is 4.51. The molecule has 1 rings (SSSR count). The topological polar surface area (TPSA) is 33.0 Å². The minimum atomic E-state index is 0.650. The summed E-state index contributed by atoms with van der Waals surface area (Å²) in [5.74, 6) is 0.820. The predicted octanol–water partition coefficient (Wildman–Crippen LogP) is 2.66. The summed E-state index contributed by atoms with van der Waals surface area (Å²) in [5, 5.41) is 8.67. The van der Waals surface area contributed by atoms with Crippen molar-refractivity contribution in [2.45, 2.75) is 20.3 Å². The van der Waals surface area contributed by atoms with Crippen LogP contribution < -0.4 is 4.74 Å². The molecule has 68 valence electrons. The first-order chi connectivity index (χ1) is 6.27. The van der Waals surface area contributed by atoms with Crippen LogP contribution in [0.3, 0.4) is 0 Å². The summed E-state index contributed by atoms with van der Waals surface area (Å²) < 4.78 is 5.48. The van der Waals surface area contributed by atoms with Crippen molar-refractivity contribution in [3.63, 3.8) is 0 Å². The highest BCUT2D eigenvalue weighted by molar-refractivity contribution is 5.41. The van der Waals surface area contributed by atoms with Gasteiger partial charge >= 0.3 is 0 Å². The smallest absolute Gasteiger partial charge is 0.123 e. The van der Waals surface area contributed by atoms with Gasteiger partial charge in [-0.25, -0.2) is 0 Å². The average Bonchev–Trinajstić information content (AvgIpc) is 2.17. The summed E-state index contributed by atoms with van der Waals surface area (Å²) in [5.41, 5.74) is 1.73. The van der Waals surface area contributed by atoms with Gasteiger partial charge in [0, 0.05) is 0 Å². The molecule has 0 unspecified atom stereocenters. The minimum Gasteiger partial charge on any atom is -0.493 e. The first-order valence-electron chi connectivity index (χ1n) is 4.41. The van der Waals surface area contributed by atoms with Crippen LogP contribution in [0.1, 0.15) is 24.5 Å². The maximum absolute atomic E-state index is 8.67. The van der Waals surface area contributed by atoms with Crippen LogP contribution in [0.4, 0.5) is 0 Å². The summed E-state index contributed by atoms with van der Waals surface area (Å²) in [6.45, 7) is 4.74. The number of ether oxygens (including phenoxy) is 1. The molecule has 0 aromatic heterocycles. The van der Waals surface area contributed by atoms with Crippen molar-refractivity contribution in [3.05, 3.63) is 29.3 Å². The molecule has 1 aromatic carbocycles. The lowest BCUT2D eigenvalue weighted by Gasteiger charge is -2.07. The number of nitriles is 1. The summed E-state index contributed by atoms with van der Waals surface area (Å²) in [6, 6.07) is 7.58. The van der Waals surface area contributed by atoms with Crippen LogP contribution in [0, 0.1) is 18.3 Å². The molecule has 0 radical (unpaired) electrons. The fourth-order valence-corrected chi connectivity index (χ4v) is 1.04. The number of aryl methyl sites for hydroxylation is 1. The van der Waals surface area contributed by atoms with Crippen molar-refractivity contribution in [1.29, 1.82) is 5.26 Å². The standard InChI is InChI=1S/C11H13NO/c1-3-6-13-11-7-10(8-12)5-4-9(11)2/h4-5,7H,3,6H2,1-2H3. The van der Waals surface area contributed by atoms with E-state index in [4.69, 9.17) is 10.00 Å². The molecule has 0 N–H and O–H groups in total. The molecule has 0 aliphatic rings. The van der Waals surface area contributed by atoms with Crippen LogP contribution in [0.2, 0.25) is 0 Å². The third-order valence-corrected chi connectivity index (χ3v) is 1.78. The molecule has 0 aliphatic heterocycles. The molecule has 0 saturated heterocycles. The summed E-state index contributed by atoms with van der Waals surface area (Å²) in [7, 11) is 0. The Balaban J connectivity index is 2.85. The van der Waals surface area contributed by atoms with E-state index in [0.29, 0.717) is 12.2 Å². The van der Waals surface area contributed by atoms with Gasteiger partial charge in [-0.3, -0.25) is 0 Å². The second-order valence-electron chi connectivity index (χ2n) is 2.94. The molecule has 0 bridgehead atoms. The molecule has 0 saturated carbocycles. The molecular weight excluding hydrogens is 162 g/mol. The lowest BCUT2D eigenvalue weighted by molar-refractivity contribution is 0.315. The van der Waals surface area contributed by atoms with E-state index in [2.05, 4.69) is 13.0 Å². The van der Waals surface area contributed by atoms with Gasteiger partial charge in [0.1, 0.15) is 5.75 Å². The molecule has 1 aromatic rings. The maximum Gasteiger partial charge on any atom is 0.123 e. The van der Waals surface area contributed by atoms with Crippen LogP contribution in [0.5, 0.6) is 5.75 Å². The number of hydrogen-bond donors (Lipinski definition) is 0. The summed E-state index contributed by atoms with van der Waals surface area (Å²) in [4.78, 5) is 0. The highest BCUT2D eigenvalue weighted by Crippen LogP contribution is 2.19. The Labute approximate surface area is 78.8 Å². The number of nitrogens with zero attached hydrogens (tertiary/aromatic N) is 1. The van der Waals surface area contributed by atoms with Crippen molar-refractivity contribution in [3.8, 4) is 11.8 Å². The van der Waals surface area contributed by atoms with Crippen LogP contribution in [-0.2, 0) is 0 Å². The monoisotopic (exact) mass is 175 g/mol. The molecule has 0 fully saturated rings. The Morgan fingerprint density at radius 3 is 2.85 bits per heavy atom. The van der Waals surface area contributed by atoms with Crippen LogP contribution in [-0.4, -0.2) is 6.61 Å². The highest BCUT2D eigenvalue weighted by Gasteiger charge is 1.99. The lowest BCUT2D eigenvalue weighted by Crippen LogP contribution is -1.97. The Hall–Kier alpha value is -1.49. The third kappa shape index (κ3) is 2.48. The van der Waals surface area contributed by atoms with E-state index in [1.54, 1.807) is 12.1 Å². The zero-order valence-corrected chi connectivity index (χ0v) is 8.00. The highest BCUT2D eigenvalue weighted by atomic mass is 16.5. The van der Waals surface area contributed by atoms with Crippen molar-refractivity contribution < 1.29 is 4.74 Å². The molecular formula is C11H13NO. The summed E-state index contributed by atoms with van der Waals surface area (Å²) in [6.07, 6.45) is 0.982. The largest absolute Gasteiger partial charge is 0.493 e. The first kappa shape index (κ1) is 9.60. The van der Waals surface area contributed by atoms with Gasteiger partial charge in [-0.1, -0.05) is 13.0 Å². The first-order valence-corrected chi connectivity index (χ1v) is 4.41. The zero-order valence-electron chi connectivity index (χ0n) is 8.00. The van der Waals surface area contributed by atoms with Gasteiger partial charge in [0.25, 0.3) is 0 Å². The molecule has 2 heteroatoms. The fourth-order valence-electron chi connectivity index (χ4n) is 1.04. The van der Waals surface area contributed by atoms with E-state index in [-0.39, 0.29) is 0 Å². The Morgan fingerprint density at radius 2 is 2.23 bits per heavy atom. The van der Waals surface area contributed by atoms with E-state index < -0.39 is 0 Å². The molecule has 0 aliphatic carbocycles. The van der Waals surface area contributed by atoms with E-state index in [9.17, 15) is 0 Å². The zero-order chi connectivity index (χ0) is 9.68. The van der Waals surface area contributed by atoms with Crippen molar-refractivity contribution >= 4 is 0 Å². The molecule has 13 heavy (non-hydrogen) atoms. The number of hydrogen-bond acceptors (Lipinski definition) is 2. The normalized spacial score (nSPS) is 9.31. The van der Waals surface area contributed by atoms with Gasteiger partial charge < -0.3 is 4.74 Å². The molecule has 0 amide bonds. The van der Waals surface area contributed by atoms with Gasteiger partial charge in [-0.05, 0) is 31.0 Å². The van der Waals surface area contributed by atoms with E-state index in [1.165, 1.54) is 0 Å². The van der Waals surface area contributed by atoms with Crippen LogP contribution in [0.15, 0.2) is 18.2 Å². The van der Waals surface area contributed by atoms with Crippen molar-refractivity contribution in [2.24, 2.45) is 0 Å². The molecule has 0 atom stereocenters. The van der Waals surface area contributed by atoms with Gasteiger partial charge in [0.2, 0.25) is 0 Å². The number of benzene rings is 1. The Morgan fingerprint density at radius 1 is 1.46 bits per heavy atom. The average molecular weight is 175 g/mol. The van der Waals surface area contributed by atoms with Gasteiger partial charge in [-0.2, -0.15) is 5.26 Å². The van der Waals surface area contributed by atoms with E-state index >= 15 is 0 Å². The van der Waals surface area contributed by atoms with Gasteiger partial charge in [-0.15, -0.1) is 0 Å². The van der Waals surface area contributed by atoms with Crippen molar-refractivity contribution in [1.82, 2.24) is 0 Å². The van der Waals surface area contributed by atoms with Crippen molar-refractivity contribution in [2.75, 3.05) is 6.61 Å². The van der Waals surface area contributed by atoms with Gasteiger partial charge in [0.15, 0.2) is 0 Å². The van der Waals surface area contributed by atoms with Gasteiger partial charge in [0.05, 0.1) is 18.2 Å².